The van der Waals surface area contributed by atoms with Crippen molar-refractivity contribution in [2.75, 3.05) is 20.1 Å². The van der Waals surface area contributed by atoms with Crippen molar-refractivity contribution in [2.24, 2.45) is 11.8 Å². The minimum Gasteiger partial charge on any atom is -0.306 e. The van der Waals surface area contributed by atoms with E-state index in [1.807, 2.05) is 7.05 Å². The van der Waals surface area contributed by atoms with Crippen molar-refractivity contribution >= 4 is 11.8 Å². The predicted molar refractivity (Wildman–Crippen MR) is 72.4 cm³/mol. The van der Waals surface area contributed by atoms with Crippen LogP contribution in [0.25, 0.3) is 0 Å². The van der Waals surface area contributed by atoms with E-state index >= 15 is 0 Å². The van der Waals surface area contributed by atoms with Gasteiger partial charge in [-0.25, -0.2) is 0 Å². The Morgan fingerprint density at radius 3 is 2.05 bits per heavy atom. The molecule has 2 amide bonds. The van der Waals surface area contributed by atoms with Gasteiger partial charge in [-0.1, -0.05) is 12.8 Å². The van der Waals surface area contributed by atoms with Crippen LogP contribution in [0.5, 0.6) is 0 Å². The lowest BCUT2D eigenvalue weighted by molar-refractivity contribution is -0.146. The van der Waals surface area contributed by atoms with Gasteiger partial charge < -0.3 is 4.90 Å². The number of carbonyl (C=O) groups excluding carboxylic acids is 2. The molecule has 0 spiro atoms. The van der Waals surface area contributed by atoms with Gasteiger partial charge in [0.2, 0.25) is 11.8 Å². The van der Waals surface area contributed by atoms with Crippen molar-refractivity contribution in [1.82, 2.24) is 9.80 Å². The Morgan fingerprint density at radius 2 is 1.60 bits per heavy atom. The molecule has 3 fully saturated rings. The van der Waals surface area contributed by atoms with Gasteiger partial charge in [0.05, 0.1) is 17.9 Å². The number of imide groups is 1. The molecule has 5 heteroatoms. The van der Waals surface area contributed by atoms with E-state index in [2.05, 4.69) is 11.0 Å². The molecule has 0 aromatic carbocycles. The van der Waals surface area contributed by atoms with Crippen molar-refractivity contribution in [1.29, 1.82) is 5.26 Å². The Balaban J connectivity index is 1.90. The molecule has 3 aliphatic rings. The Hall–Kier alpha value is -1.41. The molecule has 0 radical (unpaired) electrons. The molecule has 1 aliphatic carbocycles. The predicted octanol–water partition coefficient (Wildman–Crippen LogP) is 1.15. The zero-order valence-corrected chi connectivity index (χ0v) is 12.0. The van der Waals surface area contributed by atoms with E-state index in [9.17, 15) is 14.9 Å². The summed E-state index contributed by atoms with van der Waals surface area (Å²) in [4.78, 5) is 28.8. The first-order chi connectivity index (χ1) is 9.59. The van der Waals surface area contributed by atoms with Gasteiger partial charge in [0.15, 0.2) is 0 Å². The lowest BCUT2D eigenvalue weighted by Crippen LogP contribution is -2.56. The van der Waals surface area contributed by atoms with Crippen molar-refractivity contribution in [2.45, 2.75) is 44.1 Å². The highest BCUT2D eigenvalue weighted by Gasteiger charge is 2.56. The quantitative estimate of drug-likeness (QED) is 0.673. The minimum atomic E-state index is -0.891. The normalized spacial score (nSPS) is 33.9. The molecule has 0 N–H and O–H groups in total. The summed E-state index contributed by atoms with van der Waals surface area (Å²) < 4.78 is 0. The zero-order valence-electron chi connectivity index (χ0n) is 12.0. The number of fused-ring (bicyclic) bond motifs is 1. The van der Waals surface area contributed by atoms with Crippen LogP contribution >= 0.6 is 0 Å². The van der Waals surface area contributed by atoms with Crippen molar-refractivity contribution in [3.63, 3.8) is 0 Å². The maximum absolute atomic E-state index is 12.6. The van der Waals surface area contributed by atoms with E-state index in [4.69, 9.17) is 0 Å². The summed E-state index contributed by atoms with van der Waals surface area (Å²) in [7, 11) is 2.01. The fourth-order valence-corrected chi connectivity index (χ4v) is 3.96. The maximum atomic E-state index is 12.6. The first kappa shape index (κ1) is 13.6. The number of nitriles is 1. The molecule has 20 heavy (non-hydrogen) atoms. The summed E-state index contributed by atoms with van der Waals surface area (Å²) in [5.41, 5.74) is -0.891. The highest BCUT2D eigenvalue weighted by atomic mass is 16.2. The molecule has 0 aromatic rings. The largest absolute Gasteiger partial charge is 0.306 e. The Bertz CT molecular complexity index is 450. The lowest BCUT2D eigenvalue weighted by atomic mass is 9.81. The highest BCUT2D eigenvalue weighted by Crippen LogP contribution is 2.43. The van der Waals surface area contributed by atoms with E-state index < -0.39 is 5.54 Å². The second kappa shape index (κ2) is 4.85. The van der Waals surface area contributed by atoms with Gasteiger partial charge in [-0.3, -0.25) is 14.5 Å². The summed E-state index contributed by atoms with van der Waals surface area (Å²) in [6.45, 7) is 1.53. The smallest absolute Gasteiger partial charge is 0.234 e. The third-order valence-electron chi connectivity index (χ3n) is 5.29. The summed E-state index contributed by atoms with van der Waals surface area (Å²) >= 11 is 0. The molecule has 108 valence electrons. The SMILES string of the molecule is CN1CCC(C#N)(N2C(=O)C3CCCCC3C2=O)CC1. The topological polar surface area (TPSA) is 64.4 Å². The molecule has 0 bridgehead atoms. The fraction of sp³-hybridized carbons (Fsp3) is 0.800. The molecule has 0 aromatic heterocycles. The van der Waals surface area contributed by atoms with Gasteiger partial charge in [0.25, 0.3) is 0 Å². The third kappa shape index (κ3) is 1.86. The summed E-state index contributed by atoms with van der Waals surface area (Å²) in [5.74, 6) is -0.459. The van der Waals surface area contributed by atoms with Crippen molar-refractivity contribution in [3.05, 3.63) is 0 Å². The van der Waals surface area contributed by atoms with Gasteiger partial charge in [-0.05, 0) is 32.7 Å². The van der Waals surface area contributed by atoms with Gasteiger partial charge >= 0.3 is 0 Å². The number of piperidine rings is 1. The van der Waals surface area contributed by atoms with Crippen molar-refractivity contribution in [3.8, 4) is 6.07 Å². The number of nitrogens with zero attached hydrogens (tertiary/aromatic N) is 3. The van der Waals surface area contributed by atoms with Crippen LogP contribution in [0, 0.1) is 23.2 Å². The van der Waals surface area contributed by atoms with E-state index in [0.29, 0.717) is 12.8 Å². The van der Waals surface area contributed by atoms with Crippen LogP contribution in [0.3, 0.4) is 0 Å². The second-order valence-electron chi connectivity index (χ2n) is 6.46. The first-order valence-corrected chi connectivity index (χ1v) is 7.57. The molecule has 2 aliphatic heterocycles. The average molecular weight is 275 g/mol. The minimum absolute atomic E-state index is 0.0780. The molecule has 2 heterocycles. The van der Waals surface area contributed by atoms with Crippen molar-refractivity contribution < 1.29 is 9.59 Å². The Kier molecular flexibility index (Phi) is 3.29. The van der Waals surface area contributed by atoms with E-state index in [-0.39, 0.29) is 23.7 Å². The van der Waals surface area contributed by atoms with E-state index in [1.54, 1.807) is 0 Å². The molecule has 1 saturated carbocycles. The van der Waals surface area contributed by atoms with Crippen LogP contribution in [-0.2, 0) is 9.59 Å². The van der Waals surface area contributed by atoms with E-state index in [0.717, 1.165) is 38.8 Å². The summed E-state index contributed by atoms with van der Waals surface area (Å²) in [6, 6.07) is 2.31. The standard InChI is InChI=1S/C15H21N3O2/c1-17-8-6-15(10-16,7-9-17)18-13(19)11-4-2-3-5-12(11)14(18)20/h11-12H,2-9H2,1H3. The number of hydrogen-bond acceptors (Lipinski definition) is 4. The highest BCUT2D eigenvalue weighted by molar-refractivity contribution is 6.06. The molecular formula is C15H21N3O2. The molecular weight excluding hydrogens is 254 g/mol. The van der Waals surface area contributed by atoms with Gasteiger partial charge in [0.1, 0.15) is 5.54 Å². The third-order valence-corrected chi connectivity index (χ3v) is 5.29. The van der Waals surface area contributed by atoms with Crippen LogP contribution in [0.2, 0.25) is 0 Å². The fourth-order valence-electron chi connectivity index (χ4n) is 3.96. The van der Waals surface area contributed by atoms with Crippen LogP contribution in [0.4, 0.5) is 0 Å². The van der Waals surface area contributed by atoms with Gasteiger partial charge in [-0.2, -0.15) is 5.26 Å². The number of rotatable bonds is 1. The lowest BCUT2D eigenvalue weighted by Gasteiger charge is -2.40. The Labute approximate surface area is 119 Å². The first-order valence-electron chi connectivity index (χ1n) is 7.57. The molecule has 2 atom stereocenters. The maximum Gasteiger partial charge on any atom is 0.234 e. The van der Waals surface area contributed by atoms with Crippen LogP contribution in [0.15, 0.2) is 0 Å². The average Bonchev–Trinajstić information content (AvgIpc) is 2.74. The molecule has 2 unspecified atom stereocenters. The number of carbonyl (C=O) groups is 2. The molecule has 3 rings (SSSR count). The second-order valence-corrected chi connectivity index (χ2v) is 6.46. The van der Waals surface area contributed by atoms with E-state index in [1.165, 1.54) is 4.90 Å². The Morgan fingerprint density at radius 1 is 1.10 bits per heavy atom. The van der Waals surface area contributed by atoms with Gasteiger partial charge in [0, 0.05) is 13.1 Å². The molecule has 5 nitrogen and oxygen atoms in total. The summed E-state index contributed by atoms with van der Waals surface area (Å²) in [5, 5.41) is 9.64. The zero-order chi connectivity index (χ0) is 14.3. The monoisotopic (exact) mass is 275 g/mol. The van der Waals surface area contributed by atoms with Crippen LogP contribution in [0.1, 0.15) is 38.5 Å². The number of hydrogen-bond donors (Lipinski definition) is 0. The van der Waals surface area contributed by atoms with Gasteiger partial charge in [-0.15, -0.1) is 0 Å². The number of amides is 2. The van der Waals surface area contributed by atoms with Crippen LogP contribution < -0.4 is 0 Å². The molecule has 2 saturated heterocycles. The summed E-state index contributed by atoms with van der Waals surface area (Å²) in [6.07, 6.45) is 4.83. The number of likely N-dealkylation sites (tertiary alicyclic amines) is 2. The van der Waals surface area contributed by atoms with Crippen LogP contribution in [-0.4, -0.2) is 47.3 Å².